The van der Waals surface area contributed by atoms with Gasteiger partial charge in [-0.25, -0.2) is 4.98 Å². The topological polar surface area (TPSA) is 54.5 Å². The molecule has 0 fully saturated rings. The Bertz CT molecular complexity index is 610. The van der Waals surface area contributed by atoms with Crippen LogP contribution < -0.4 is 10.2 Å². The van der Waals surface area contributed by atoms with Crippen LogP contribution in [0.15, 0.2) is 29.6 Å². The van der Waals surface area contributed by atoms with Gasteiger partial charge in [0.25, 0.3) is 0 Å². The Morgan fingerprint density at radius 3 is 2.86 bits per heavy atom. The zero-order chi connectivity index (χ0) is 15.2. The molecule has 0 saturated carbocycles. The minimum absolute atomic E-state index is 0.210. The molecule has 1 heterocycles. The van der Waals surface area contributed by atoms with Gasteiger partial charge in [-0.15, -0.1) is 11.3 Å². The summed E-state index contributed by atoms with van der Waals surface area (Å²) in [5.41, 5.74) is 2.79. The molecule has 0 amide bonds. The first-order chi connectivity index (χ1) is 10.1. The van der Waals surface area contributed by atoms with Crippen molar-refractivity contribution in [2.45, 2.75) is 13.3 Å². The molecule has 21 heavy (non-hydrogen) atoms. The molecule has 0 spiro atoms. The number of benzene rings is 1. The third-order valence-electron chi connectivity index (χ3n) is 2.81. The number of rotatable bonds is 6. The Hall–Kier alpha value is -2.08. The predicted octanol–water partition coefficient (Wildman–Crippen LogP) is 3.06. The van der Waals surface area contributed by atoms with Crippen molar-refractivity contribution in [1.29, 1.82) is 0 Å². The van der Waals surface area contributed by atoms with Gasteiger partial charge in [0.1, 0.15) is 0 Å². The van der Waals surface area contributed by atoms with Crippen LogP contribution in [0.5, 0.6) is 0 Å². The number of anilines is 3. The second-order valence-electron chi connectivity index (χ2n) is 4.66. The highest BCUT2D eigenvalue weighted by Crippen LogP contribution is 2.28. The summed E-state index contributed by atoms with van der Waals surface area (Å²) in [5, 5.41) is 5.93. The van der Waals surface area contributed by atoms with E-state index in [2.05, 4.69) is 10.3 Å². The summed E-state index contributed by atoms with van der Waals surface area (Å²) in [6.07, 6.45) is 0.210. The van der Waals surface area contributed by atoms with E-state index in [9.17, 15) is 4.79 Å². The standard InChI is InChI=1S/C15H19N3O2S/c1-4-20-14(19)9-11-10-21-15(16-11)17-12-7-5-6-8-13(12)18(2)3/h5-8,10H,4,9H2,1-3H3,(H,16,17). The highest BCUT2D eigenvalue weighted by Gasteiger charge is 2.10. The summed E-state index contributed by atoms with van der Waals surface area (Å²) in [4.78, 5) is 17.9. The molecule has 0 aliphatic rings. The number of ether oxygens (including phenoxy) is 1. The monoisotopic (exact) mass is 305 g/mol. The minimum atomic E-state index is -0.247. The molecule has 5 nitrogen and oxygen atoms in total. The lowest BCUT2D eigenvalue weighted by Crippen LogP contribution is -2.10. The Morgan fingerprint density at radius 2 is 2.14 bits per heavy atom. The fourth-order valence-electron chi connectivity index (χ4n) is 1.89. The predicted molar refractivity (Wildman–Crippen MR) is 86.5 cm³/mol. The van der Waals surface area contributed by atoms with Crippen molar-refractivity contribution in [3.63, 3.8) is 0 Å². The van der Waals surface area contributed by atoms with E-state index in [0.717, 1.165) is 22.2 Å². The van der Waals surface area contributed by atoms with E-state index in [0.29, 0.717) is 6.61 Å². The van der Waals surface area contributed by atoms with Crippen molar-refractivity contribution in [3.05, 3.63) is 35.3 Å². The van der Waals surface area contributed by atoms with Crippen LogP contribution >= 0.6 is 11.3 Å². The molecule has 6 heteroatoms. The fraction of sp³-hybridized carbons (Fsp3) is 0.333. The normalized spacial score (nSPS) is 10.2. The maximum atomic E-state index is 11.4. The van der Waals surface area contributed by atoms with Gasteiger partial charge in [0.05, 0.1) is 30.1 Å². The van der Waals surface area contributed by atoms with Crippen LogP contribution in [0, 0.1) is 0 Å². The number of carbonyl (C=O) groups excluding carboxylic acids is 1. The first kappa shape index (κ1) is 15.3. The van der Waals surface area contributed by atoms with Crippen LogP contribution in [0.1, 0.15) is 12.6 Å². The minimum Gasteiger partial charge on any atom is -0.466 e. The number of para-hydroxylation sites is 2. The number of hydrogen-bond donors (Lipinski definition) is 1. The van der Waals surface area contributed by atoms with Gasteiger partial charge in [-0.05, 0) is 19.1 Å². The second kappa shape index (κ2) is 7.08. The van der Waals surface area contributed by atoms with Gasteiger partial charge in [-0.2, -0.15) is 0 Å². The zero-order valence-electron chi connectivity index (χ0n) is 12.4. The van der Waals surface area contributed by atoms with Crippen LogP contribution in [-0.4, -0.2) is 31.7 Å². The average molecular weight is 305 g/mol. The number of nitrogens with zero attached hydrogens (tertiary/aromatic N) is 2. The molecule has 0 aliphatic carbocycles. The smallest absolute Gasteiger partial charge is 0.311 e. The Kier molecular flexibility index (Phi) is 5.16. The highest BCUT2D eigenvalue weighted by molar-refractivity contribution is 7.13. The fourth-order valence-corrected chi connectivity index (χ4v) is 2.61. The summed E-state index contributed by atoms with van der Waals surface area (Å²) in [6, 6.07) is 8.01. The van der Waals surface area contributed by atoms with E-state index in [-0.39, 0.29) is 12.4 Å². The number of carbonyl (C=O) groups is 1. The number of esters is 1. The molecule has 2 aromatic rings. The number of hydrogen-bond acceptors (Lipinski definition) is 6. The number of nitrogens with one attached hydrogen (secondary N) is 1. The van der Waals surface area contributed by atoms with Crippen molar-refractivity contribution in [3.8, 4) is 0 Å². The molecular formula is C15H19N3O2S. The van der Waals surface area contributed by atoms with Gasteiger partial charge < -0.3 is 15.0 Å². The van der Waals surface area contributed by atoms with Crippen molar-refractivity contribution in [2.24, 2.45) is 0 Å². The summed E-state index contributed by atoms with van der Waals surface area (Å²) in [5.74, 6) is -0.247. The molecule has 0 atom stereocenters. The van der Waals surface area contributed by atoms with Crippen LogP contribution in [0.2, 0.25) is 0 Å². The maximum absolute atomic E-state index is 11.4. The highest BCUT2D eigenvalue weighted by atomic mass is 32.1. The van der Waals surface area contributed by atoms with Crippen molar-refractivity contribution >= 4 is 33.8 Å². The van der Waals surface area contributed by atoms with Crippen LogP contribution in [0.3, 0.4) is 0 Å². The van der Waals surface area contributed by atoms with Gasteiger partial charge in [-0.1, -0.05) is 12.1 Å². The Balaban J connectivity index is 2.08. The zero-order valence-corrected chi connectivity index (χ0v) is 13.2. The quantitative estimate of drug-likeness (QED) is 0.831. The molecule has 0 bridgehead atoms. The van der Waals surface area contributed by atoms with Gasteiger partial charge in [0, 0.05) is 19.5 Å². The van der Waals surface area contributed by atoms with Crippen LogP contribution in [-0.2, 0) is 16.0 Å². The third kappa shape index (κ3) is 4.19. The van der Waals surface area contributed by atoms with Crippen molar-refractivity contribution in [1.82, 2.24) is 4.98 Å². The molecule has 1 aromatic heterocycles. The average Bonchev–Trinajstić information content (AvgIpc) is 2.86. The lowest BCUT2D eigenvalue weighted by Gasteiger charge is -2.17. The second-order valence-corrected chi connectivity index (χ2v) is 5.52. The number of aromatic nitrogens is 1. The lowest BCUT2D eigenvalue weighted by atomic mass is 10.2. The molecule has 1 aromatic carbocycles. The largest absolute Gasteiger partial charge is 0.466 e. The van der Waals surface area contributed by atoms with Crippen molar-refractivity contribution in [2.75, 3.05) is 30.9 Å². The summed E-state index contributed by atoms with van der Waals surface area (Å²) in [6.45, 7) is 2.19. The van der Waals surface area contributed by atoms with E-state index in [1.54, 1.807) is 6.92 Å². The Morgan fingerprint density at radius 1 is 1.38 bits per heavy atom. The molecule has 0 unspecified atom stereocenters. The molecule has 0 saturated heterocycles. The molecule has 0 radical (unpaired) electrons. The summed E-state index contributed by atoms with van der Waals surface area (Å²) in [7, 11) is 3.99. The van der Waals surface area contributed by atoms with E-state index in [1.807, 2.05) is 48.6 Å². The van der Waals surface area contributed by atoms with E-state index in [1.165, 1.54) is 11.3 Å². The number of thiazole rings is 1. The van der Waals surface area contributed by atoms with E-state index < -0.39 is 0 Å². The lowest BCUT2D eigenvalue weighted by molar-refractivity contribution is -0.142. The first-order valence-electron chi connectivity index (χ1n) is 6.73. The SMILES string of the molecule is CCOC(=O)Cc1csc(Nc2ccccc2N(C)C)n1. The van der Waals surface area contributed by atoms with E-state index >= 15 is 0 Å². The summed E-state index contributed by atoms with van der Waals surface area (Å²) >= 11 is 1.48. The molecule has 112 valence electrons. The molecule has 0 aliphatic heterocycles. The Labute approximate surface area is 128 Å². The van der Waals surface area contributed by atoms with Crippen LogP contribution in [0.25, 0.3) is 0 Å². The molecular weight excluding hydrogens is 286 g/mol. The van der Waals surface area contributed by atoms with Gasteiger partial charge in [0.2, 0.25) is 0 Å². The van der Waals surface area contributed by atoms with Gasteiger partial charge in [0.15, 0.2) is 5.13 Å². The molecule has 1 N–H and O–H groups in total. The van der Waals surface area contributed by atoms with Crippen molar-refractivity contribution < 1.29 is 9.53 Å². The first-order valence-corrected chi connectivity index (χ1v) is 7.61. The molecule has 2 rings (SSSR count). The summed E-state index contributed by atoms with van der Waals surface area (Å²) < 4.78 is 4.92. The van der Waals surface area contributed by atoms with Gasteiger partial charge in [-0.3, -0.25) is 4.79 Å². The van der Waals surface area contributed by atoms with Crippen LogP contribution in [0.4, 0.5) is 16.5 Å². The maximum Gasteiger partial charge on any atom is 0.311 e. The van der Waals surface area contributed by atoms with Gasteiger partial charge >= 0.3 is 5.97 Å². The van der Waals surface area contributed by atoms with E-state index in [4.69, 9.17) is 4.74 Å². The third-order valence-corrected chi connectivity index (χ3v) is 3.62.